The maximum atomic E-state index is 9.29. The summed E-state index contributed by atoms with van der Waals surface area (Å²) in [5.74, 6) is 1.48. The fraction of sp³-hybridized carbons (Fsp3) is 0.556. The van der Waals surface area contributed by atoms with Gasteiger partial charge in [-0.15, -0.1) is 11.3 Å². The van der Waals surface area contributed by atoms with E-state index in [2.05, 4.69) is 0 Å². The third-order valence-electron chi connectivity index (χ3n) is 2.00. The Bertz CT molecular complexity index is 310. The SMILES string of the molecule is OCC(O)Cc1scc2c1OCCO2. The third kappa shape index (κ3) is 1.84. The van der Waals surface area contributed by atoms with Crippen LogP contribution in [0.25, 0.3) is 0 Å². The molecule has 0 bridgehead atoms. The Kier molecular flexibility index (Phi) is 2.90. The maximum absolute atomic E-state index is 9.29. The van der Waals surface area contributed by atoms with Crippen LogP contribution in [-0.4, -0.2) is 36.1 Å². The first-order chi connectivity index (χ1) is 6.81. The number of aliphatic hydroxyl groups excluding tert-OH is 2. The van der Waals surface area contributed by atoms with Crippen molar-refractivity contribution in [3.05, 3.63) is 10.3 Å². The molecule has 1 aromatic rings. The molecule has 0 spiro atoms. The zero-order chi connectivity index (χ0) is 9.97. The Labute approximate surface area is 85.7 Å². The fourth-order valence-corrected chi connectivity index (χ4v) is 2.31. The Morgan fingerprint density at radius 3 is 3.00 bits per heavy atom. The van der Waals surface area contributed by atoms with E-state index in [0.717, 1.165) is 16.4 Å². The molecule has 1 aliphatic heterocycles. The van der Waals surface area contributed by atoms with Crippen molar-refractivity contribution in [2.45, 2.75) is 12.5 Å². The standard InChI is InChI=1S/C9H12O4S/c10-4-6(11)3-8-9-7(5-14-8)12-1-2-13-9/h5-6,10-11H,1-4H2. The van der Waals surface area contributed by atoms with Crippen molar-refractivity contribution in [3.8, 4) is 11.5 Å². The van der Waals surface area contributed by atoms with Crippen molar-refractivity contribution >= 4 is 11.3 Å². The second-order valence-corrected chi connectivity index (χ2v) is 4.05. The number of hydrogen-bond acceptors (Lipinski definition) is 5. The van der Waals surface area contributed by atoms with E-state index in [-0.39, 0.29) is 6.61 Å². The first-order valence-corrected chi connectivity index (χ1v) is 5.34. The number of thiophene rings is 1. The molecule has 1 aliphatic rings. The minimum atomic E-state index is -0.719. The second kappa shape index (κ2) is 4.16. The molecule has 0 saturated heterocycles. The molecule has 2 heterocycles. The van der Waals surface area contributed by atoms with E-state index in [1.54, 1.807) is 0 Å². The minimum Gasteiger partial charge on any atom is -0.485 e. The van der Waals surface area contributed by atoms with Gasteiger partial charge in [-0.05, 0) is 0 Å². The van der Waals surface area contributed by atoms with Crippen molar-refractivity contribution in [1.29, 1.82) is 0 Å². The molecule has 2 rings (SSSR count). The van der Waals surface area contributed by atoms with Crippen molar-refractivity contribution < 1.29 is 19.7 Å². The highest BCUT2D eigenvalue weighted by Gasteiger charge is 2.20. The topological polar surface area (TPSA) is 58.9 Å². The van der Waals surface area contributed by atoms with Gasteiger partial charge < -0.3 is 19.7 Å². The van der Waals surface area contributed by atoms with Gasteiger partial charge in [0.2, 0.25) is 0 Å². The first kappa shape index (κ1) is 9.76. The van der Waals surface area contributed by atoms with Crippen LogP contribution in [0.5, 0.6) is 11.5 Å². The zero-order valence-electron chi connectivity index (χ0n) is 7.60. The lowest BCUT2D eigenvalue weighted by atomic mass is 10.2. The third-order valence-corrected chi connectivity index (χ3v) is 2.97. The number of aliphatic hydroxyl groups is 2. The van der Waals surface area contributed by atoms with Gasteiger partial charge in [-0.2, -0.15) is 0 Å². The summed E-state index contributed by atoms with van der Waals surface area (Å²) >= 11 is 1.49. The second-order valence-electron chi connectivity index (χ2n) is 3.09. The van der Waals surface area contributed by atoms with E-state index < -0.39 is 6.10 Å². The summed E-state index contributed by atoms with van der Waals surface area (Å²) in [6.45, 7) is 0.894. The van der Waals surface area contributed by atoms with Crippen molar-refractivity contribution in [1.82, 2.24) is 0 Å². The van der Waals surface area contributed by atoms with Crippen LogP contribution in [0.15, 0.2) is 5.38 Å². The molecule has 78 valence electrons. The van der Waals surface area contributed by atoms with Crippen LogP contribution in [0.1, 0.15) is 4.88 Å². The molecule has 0 saturated carbocycles. The predicted octanol–water partition coefficient (Wildman–Crippen LogP) is 0.415. The van der Waals surface area contributed by atoms with Crippen LogP contribution in [0, 0.1) is 0 Å². The summed E-state index contributed by atoms with van der Waals surface area (Å²) in [6.07, 6.45) is -0.303. The molecular formula is C9H12O4S. The van der Waals surface area contributed by atoms with Gasteiger partial charge in [-0.25, -0.2) is 0 Å². The molecule has 14 heavy (non-hydrogen) atoms. The largest absolute Gasteiger partial charge is 0.485 e. The highest BCUT2D eigenvalue weighted by Crippen LogP contribution is 2.39. The Hall–Kier alpha value is -0.780. The number of rotatable bonds is 3. The number of ether oxygens (including phenoxy) is 2. The smallest absolute Gasteiger partial charge is 0.175 e. The van der Waals surface area contributed by atoms with E-state index >= 15 is 0 Å². The lowest BCUT2D eigenvalue weighted by Gasteiger charge is -2.16. The summed E-state index contributed by atoms with van der Waals surface area (Å²) in [7, 11) is 0. The average molecular weight is 216 g/mol. The molecule has 2 N–H and O–H groups in total. The van der Waals surface area contributed by atoms with Crippen LogP contribution in [0.4, 0.5) is 0 Å². The molecular weight excluding hydrogens is 204 g/mol. The molecule has 1 atom stereocenters. The number of hydrogen-bond donors (Lipinski definition) is 2. The van der Waals surface area contributed by atoms with Crippen LogP contribution in [0.3, 0.4) is 0 Å². The summed E-state index contributed by atoms with van der Waals surface area (Å²) in [6, 6.07) is 0. The van der Waals surface area contributed by atoms with Gasteiger partial charge in [0.1, 0.15) is 13.2 Å². The average Bonchev–Trinajstić information content (AvgIpc) is 2.62. The Morgan fingerprint density at radius 2 is 2.21 bits per heavy atom. The van der Waals surface area contributed by atoms with Gasteiger partial charge in [0.25, 0.3) is 0 Å². The summed E-state index contributed by atoms with van der Waals surface area (Å²) in [5.41, 5.74) is 0. The van der Waals surface area contributed by atoms with Crippen LogP contribution < -0.4 is 9.47 Å². The molecule has 1 aromatic heterocycles. The van der Waals surface area contributed by atoms with Gasteiger partial charge in [-0.3, -0.25) is 0 Å². The molecule has 4 nitrogen and oxygen atoms in total. The summed E-state index contributed by atoms with van der Waals surface area (Å²) in [5, 5.41) is 19.9. The van der Waals surface area contributed by atoms with Crippen molar-refractivity contribution in [2.24, 2.45) is 0 Å². The van der Waals surface area contributed by atoms with Gasteiger partial charge >= 0.3 is 0 Å². The quantitative estimate of drug-likeness (QED) is 0.768. The van der Waals surface area contributed by atoms with Gasteiger partial charge in [0, 0.05) is 11.8 Å². The molecule has 5 heteroatoms. The maximum Gasteiger partial charge on any atom is 0.175 e. The molecule has 0 radical (unpaired) electrons. The molecule has 1 unspecified atom stereocenters. The molecule has 0 aliphatic carbocycles. The predicted molar refractivity (Wildman–Crippen MR) is 52.1 cm³/mol. The van der Waals surface area contributed by atoms with Crippen LogP contribution in [0.2, 0.25) is 0 Å². The molecule has 0 fully saturated rings. The molecule has 0 amide bonds. The highest BCUT2D eigenvalue weighted by molar-refractivity contribution is 7.10. The van der Waals surface area contributed by atoms with Gasteiger partial charge in [0.05, 0.1) is 17.6 Å². The Balaban J connectivity index is 2.14. The molecule has 0 aromatic carbocycles. The lowest BCUT2D eigenvalue weighted by molar-refractivity contribution is 0.0946. The summed E-state index contributed by atoms with van der Waals surface area (Å²) in [4.78, 5) is 0.932. The van der Waals surface area contributed by atoms with Crippen molar-refractivity contribution in [3.63, 3.8) is 0 Å². The van der Waals surface area contributed by atoms with Gasteiger partial charge in [0.15, 0.2) is 11.5 Å². The van der Waals surface area contributed by atoms with Gasteiger partial charge in [-0.1, -0.05) is 0 Å². The first-order valence-electron chi connectivity index (χ1n) is 4.46. The van der Waals surface area contributed by atoms with Crippen LogP contribution >= 0.6 is 11.3 Å². The Morgan fingerprint density at radius 1 is 1.43 bits per heavy atom. The highest BCUT2D eigenvalue weighted by atomic mass is 32.1. The van der Waals surface area contributed by atoms with Crippen LogP contribution in [-0.2, 0) is 6.42 Å². The normalized spacial score (nSPS) is 16.7. The van der Waals surface area contributed by atoms with Crippen molar-refractivity contribution in [2.75, 3.05) is 19.8 Å². The van der Waals surface area contributed by atoms with E-state index in [4.69, 9.17) is 14.6 Å². The summed E-state index contributed by atoms with van der Waals surface area (Å²) < 4.78 is 10.8. The zero-order valence-corrected chi connectivity index (χ0v) is 8.42. The van der Waals surface area contributed by atoms with E-state index in [0.29, 0.717) is 19.6 Å². The fourth-order valence-electron chi connectivity index (χ4n) is 1.34. The number of fused-ring (bicyclic) bond motifs is 1. The van der Waals surface area contributed by atoms with E-state index in [9.17, 15) is 5.11 Å². The lowest BCUT2D eigenvalue weighted by Crippen LogP contribution is -2.17. The monoisotopic (exact) mass is 216 g/mol. The van der Waals surface area contributed by atoms with E-state index in [1.165, 1.54) is 11.3 Å². The minimum absolute atomic E-state index is 0.229. The van der Waals surface area contributed by atoms with E-state index in [1.807, 2.05) is 5.38 Å².